The number of carbonyl (C=O) groups is 1. The number of fused-ring (bicyclic) bond motifs is 1. The number of unbranched alkanes of at least 4 members (excludes halogenated alkanes) is 1. The van der Waals surface area contributed by atoms with Crippen LogP contribution in [0, 0.1) is 10.1 Å². The number of nitrogens with zero attached hydrogens (tertiary/aromatic N) is 2. The highest BCUT2D eigenvalue weighted by Crippen LogP contribution is 2.19. The molecule has 1 heterocycles. The van der Waals surface area contributed by atoms with Gasteiger partial charge in [0.2, 0.25) is 5.91 Å². The van der Waals surface area contributed by atoms with Gasteiger partial charge >= 0.3 is 0 Å². The second-order valence-corrected chi connectivity index (χ2v) is 6.61. The Bertz CT molecular complexity index is 1070. The van der Waals surface area contributed by atoms with E-state index in [0.717, 1.165) is 19.3 Å². The Balaban J connectivity index is 1.78. The average molecular weight is 379 g/mol. The molecular formula is C21H21N3O4. The maximum absolute atomic E-state index is 12.4. The van der Waals surface area contributed by atoms with E-state index in [2.05, 4.69) is 12.2 Å². The van der Waals surface area contributed by atoms with Crippen molar-refractivity contribution >= 4 is 28.2 Å². The van der Waals surface area contributed by atoms with Gasteiger partial charge in [0.1, 0.15) is 6.54 Å². The van der Waals surface area contributed by atoms with Crippen molar-refractivity contribution in [2.45, 2.75) is 32.7 Å². The summed E-state index contributed by atoms with van der Waals surface area (Å²) < 4.78 is 1.31. The summed E-state index contributed by atoms with van der Waals surface area (Å²) in [6.45, 7) is 1.97. The van der Waals surface area contributed by atoms with Crippen LogP contribution in [0.25, 0.3) is 10.9 Å². The van der Waals surface area contributed by atoms with Crippen molar-refractivity contribution in [3.05, 3.63) is 80.6 Å². The van der Waals surface area contributed by atoms with E-state index in [9.17, 15) is 19.7 Å². The quantitative estimate of drug-likeness (QED) is 0.498. The number of nitrogens with one attached hydrogen (secondary N) is 1. The van der Waals surface area contributed by atoms with E-state index >= 15 is 0 Å². The number of nitro benzene ring substituents is 1. The van der Waals surface area contributed by atoms with Gasteiger partial charge in [-0.15, -0.1) is 0 Å². The van der Waals surface area contributed by atoms with Crippen molar-refractivity contribution in [1.29, 1.82) is 0 Å². The molecule has 2 aromatic carbocycles. The van der Waals surface area contributed by atoms with Gasteiger partial charge in [0, 0.05) is 29.3 Å². The first-order valence-electron chi connectivity index (χ1n) is 9.14. The predicted molar refractivity (Wildman–Crippen MR) is 109 cm³/mol. The molecule has 0 spiro atoms. The minimum Gasteiger partial charge on any atom is -0.325 e. The number of rotatable bonds is 7. The first-order chi connectivity index (χ1) is 13.5. The third-order valence-electron chi connectivity index (χ3n) is 4.54. The maximum atomic E-state index is 12.4. The van der Waals surface area contributed by atoms with Gasteiger partial charge in [-0.1, -0.05) is 25.5 Å². The molecule has 0 atom stereocenters. The molecule has 3 rings (SSSR count). The highest BCUT2D eigenvalue weighted by Gasteiger charge is 2.12. The summed E-state index contributed by atoms with van der Waals surface area (Å²) in [5, 5.41) is 14.3. The van der Waals surface area contributed by atoms with Crippen LogP contribution in [0.15, 0.2) is 59.4 Å². The summed E-state index contributed by atoms with van der Waals surface area (Å²) >= 11 is 0. The molecule has 3 aromatic rings. The largest absolute Gasteiger partial charge is 0.325 e. The Labute approximate surface area is 161 Å². The molecule has 7 heteroatoms. The van der Waals surface area contributed by atoms with E-state index in [-0.39, 0.29) is 23.7 Å². The number of non-ortho nitro benzene ring substituents is 1. The normalized spacial score (nSPS) is 10.8. The van der Waals surface area contributed by atoms with Crippen molar-refractivity contribution < 1.29 is 9.72 Å². The number of aryl methyl sites for hydroxylation is 1. The van der Waals surface area contributed by atoms with Crippen molar-refractivity contribution in [2.75, 3.05) is 5.32 Å². The van der Waals surface area contributed by atoms with Crippen LogP contribution < -0.4 is 10.9 Å². The molecule has 1 N–H and O–H groups in total. The Morgan fingerprint density at radius 1 is 1.11 bits per heavy atom. The fraction of sp³-hybridized carbons (Fsp3) is 0.238. The fourth-order valence-electron chi connectivity index (χ4n) is 3.05. The summed E-state index contributed by atoms with van der Waals surface area (Å²) in [5.41, 5.74) is 1.95. The van der Waals surface area contributed by atoms with E-state index in [1.54, 1.807) is 0 Å². The van der Waals surface area contributed by atoms with Crippen LogP contribution in [0.2, 0.25) is 0 Å². The predicted octanol–water partition coefficient (Wildman–Crippen LogP) is 3.89. The molecule has 0 aliphatic rings. The number of aromatic nitrogens is 1. The number of pyridine rings is 1. The molecule has 0 saturated heterocycles. The lowest BCUT2D eigenvalue weighted by Gasteiger charge is -2.11. The zero-order chi connectivity index (χ0) is 20.1. The summed E-state index contributed by atoms with van der Waals surface area (Å²) in [6.07, 6.45) is 3.25. The number of anilines is 1. The summed E-state index contributed by atoms with van der Waals surface area (Å²) in [5.74, 6) is -0.339. The summed E-state index contributed by atoms with van der Waals surface area (Å²) in [7, 11) is 0. The second-order valence-electron chi connectivity index (χ2n) is 6.61. The van der Waals surface area contributed by atoms with Crippen LogP contribution in [-0.2, 0) is 17.8 Å². The Kier molecular flexibility index (Phi) is 5.84. The molecule has 7 nitrogen and oxygen atoms in total. The molecule has 1 amide bonds. The van der Waals surface area contributed by atoms with Gasteiger partial charge in [-0.2, -0.15) is 0 Å². The van der Waals surface area contributed by atoms with Gasteiger partial charge in [-0.25, -0.2) is 0 Å². The molecule has 0 fully saturated rings. The molecule has 0 bridgehead atoms. The Morgan fingerprint density at radius 3 is 2.54 bits per heavy atom. The topological polar surface area (TPSA) is 94.2 Å². The van der Waals surface area contributed by atoms with Crippen molar-refractivity contribution in [3.63, 3.8) is 0 Å². The zero-order valence-electron chi connectivity index (χ0n) is 15.6. The van der Waals surface area contributed by atoms with E-state index < -0.39 is 4.92 Å². The van der Waals surface area contributed by atoms with Crippen molar-refractivity contribution in [3.8, 4) is 0 Å². The lowest BCUT2D eigenvalue weighted by molar-refractivity contribution is -0.384. The lowest BCUT2D eigenvalue weighted by Crippen LogP contribution is -2.27. The standard InChI is InChI=1S/C21H21N3O4/c1-2-3-4-15-5-8-17(9-6-15)22-20(25)14-23-19-11-10-18(24(27)28)13-16(19)7-12-21(23)26/h5-13H,2-4,14H2,1H3,(H,22,25). The van der Waals surface area contributed by atoms with E-state index in [0.29, 0.717) is 16.6 Å². The number of hydrogen-bond acceptors (Lipinski definition) is 4. The van der Waals surface area contributed by atoms with Gasteiger partial charge in [0.25, 0.3) is 11.2 Å². The molecule has 0 radical (unpaired) electrons. The number of nitro groups is 1. The van der Waals surface area contributed by atoms with Crippen molar-refractivity contribution in [2.24, 2.45) is 0 Å². The third kappa shape index (κ3) is 4.43. The van der Waals surface area contributed by atoms with Gasteiger partial charge in [-0.3, -0.25) is 24.3 Å². The highest BCUT2D eigenvalue weighted by atomic mass is 16.6. The summed E-state index contributed by atoms with van der Waals surface area (Å²) in [6, 6.07) is 14.7. The maximum Gasteiger partial charge on any atom is 0.270 e. The number of hydrogen-bond donors (Lipinski definition) is 1. The van der Waals surface area contributed by atoms with E-state index in [4.69, 9.17) is 0 Å². The van der Waals surface area contributed by atoms with Crippen LogP contribution in [0.1, 0.15) is 25.3 Å². The highest BCUT2D eigenvalue weighted by molar-refractivity contribution is 5.92. The molecule has 0 saturated carbocycles. The lowest BCUT2D eigenvalue weighted by atomic mass is 10.1. The van der Waals surface area contributed by atoms with Crippen LogP contribution >= 0.6 is 0 Å². The van der Waals surface area contributed by atoms with Gasteiger partial charge < -0.3 is 5.32 Å². The minimum atomic E-state index is -0.494. The first kappa shape index (κ1) is 19.3. The van der Waals surface area contributed by atoms with Gasteiger partial charge in [0.15, 0.2) is 0 Å². The molecule has 144 valence electrons. The molecule has 28 heavy (non-hydrogen) atoms. The first-order valence-corrected chi connectivity index (χ1v) is 9.14. The van der Waals surface area contributed by atoms with Crippen LogP contribution in [0.4, 0.5) is 11.4 Å². The second kappa shape index (κ2) is 8.47. The number of amides is 1. The van der Waals surface area contributed by atoms with Gasteiger partial charge in [-0.05, 0) is 42.7 Å². The number of carbonyl (C=O) groups excluding carboxylic acids is 1. The fourth-order valence-corrected chi connectivity index (χ4v) is 3.05. The number of benzene rings is 2. The Hall–Kier alpha value is -3.48. The minimum absolute atomic E-state index is 0.0645. The van der Waals surface area contributed by atoms with Crippen LogP contribution in [-0.4, -0.2) is 15.4 Å². The van der Waals surface area contributed by atoms with E-state index in [1.807, 2.05) is 24.3 Å². The smallest absolute Gasteiger partial charge is 0.270 e. The average Bonchev–Trinajstić information content (AvgIpc) is 2.69. The molecule has 0 aliphatic heterocycles. The Morgan fingerprint density at radius 2 is 1.86 bits per heavy atom. The van der Waals surface area contributed by atoms with Crippen LogP contribution in [0.5, 0.6) is 0 Å². The third-order valence-corrected chi connectivity index (χ3v) is 4.54. The monoisotopic (exact) mass is 379 g/mol. The molecule has 0 aliphatic carbocycles. The zero-order valence-corrected chi connectivity index (χ0v) is 15.6. The van der Waals surface area contributed by atoms with Gasteiger partial charge in [0.05, 0.1) is 10.4 Å². The summed E-state index contributed by atoms with van der Waals surface area (Å²) in [4.78, 5) is 35.1. The van der Waals surface area contributed by atoms with Crippen molar-refractivity contribution in [1.82, 2.24) is 4.57 Å². The molecule has 1 aromatic heterocycles. The van der Waals surface area contributed by atoms with E-state index in [1.165, 1.54) is 40.5 Å². The molecular weight excluding hydrogens is 358 g/mol. The van der Waals surface area contributed by atoms with Crippen LogP contribution in [0.3, 0.4) is 0 Å². The molecule has 0 unspecified atom stereocenters. The SMILES string of the molecule is CCCCc1ccc(NC(=O)Cn2c(=O)ccc3cc([N+](=O)[O-])ccc32)cc1.